The van der Waals surface area contributed by atoms with Crippen molar-refractivity contribution in [2.75, 3.05) is 0 Å². The van der Waals surface area contributed by atoms with Gasteiger partial charge in [0.25, 0.3) is 0 Å². The van der Waals surface area contributed by atoms with E-state index in [1.807, 2.05) is 0 Å². The molecule has 0 bridgehead atoms. The van der Waals surface area contributed by atoms with Crippen LogP contribution in [0.25, 0.3) is 33.8 Å². The maximum atomic E-state index is 3.62. The van der Waals surface area contributed by atoms with Gasteiger partial charge in [-0.2, -0.15) is 0 Å². The van der Waals surface area contributed by atoms with E-state index in [0.29, 0.717) is 0 Å². The van der Waals surface area contributed by atoms with E-state index in [1.165, 1.54) is 61.4 Å². The fourth-order valence-corrected chi connectivity index (χ4v) is 4.94. The van der Waals surface area contributed by atoms with Crippen molar-refractivity contribution in [1.29, 1.82) is 0 Å². The number of benzene rings is 3. The lowest BCUT2D eigenvalue weighted by molar-refractivity contribution is 0.815. The summed E-state index contributed by atoms with van der Waals surface area (Å²) in [7, 11) is 0. The SMILES string of the molecule is C/C=C\c1c(C)n(-c2ccccc2)c2ccc(/C(C)=C/C3=C(C)c4ccccc4CN3)cc12. The van der Waals surface area contributed by atoms with Crippen LogP contribution in [0.2, 0.25) is 0 Å². The first-order valence-electron chi connectivity index (χ1n) is 11.6. The number of allylic oxidation sites excluding steroid dienone is 4. The molecule has 33 heavy (non-hydrogen) atoms. The zero-order valence-corrected chi connectivity index (χ0v) is 19.8. The molecule has 2 heterocycles. The summed E-state index contributed by atoms with van der Waals surface area (Å²) in [6, 6.07) is 26.1. The van der Waals surface area contributed by atoms with Crippen molar-refractivity contribution in [1.82, 2.24) is 9.88 Å². The molecule has 4 aromatic rings. The molecule has 0 aliphatic carbocycles. The molecule has 0 saturated heterocycles. The molecule has 0 atom stereocenters. The lowest BCUT2D eigenvalue weighted by Gasteiger charge is -2.22. The minimum Gasteiger partial charge on any atom is -0.381 e. The van der Waals surface area contributed by atoms with E-state index < -0.39 is 0 Å². The van der Waals surface area contributed by atoms with Crippen molar-refractivity contribution < 1.29 is 0 Å². The Morgan fingerprint density at radius 1 is 0.939 bits per heavy atom. The van der Waals surface area contributed by atoms with Crippen LogP contribution in [-0.4, -0.2) is 4.57 Å². The molecule has 2 heteroatoms. The number of rotatable bonds is 4. The minimum atomic E-state index is 0.871. The van der Waals surface area contributed by atoms with Gasteiger partial charge in [0, 0.05) is 34.6 Å². The second kappa shape index (κ2) is 8.63. The van der Waals surface area contributed by atoms with Crippen molar-refractivity contribution in [3.8, 4) is 5.69 Å². The summed E-state index contributed by atoms with van der Waals surface area (Å²) in [5.41, 5.74) is 12.7. The smallest absolute Gasteiger partial charge is 0.0538 e. The van der Waals surface area contributed by atoms with E-state index >= 15 is 0 Å². The fraction of sp³-hybridized carbons (Fsp3) is 0.161. The van der Waals surface area contributed by atoms with Gasteiger partial charge >= 0.3 is 0 Å². The van der Waals surface area contributed by atoms with E-state index in [1.54, 1.807) is 0 Å². The van der Waals surface area contributed by atoms with Gasteiger partial charge in [0.15, 0.2) is 0 Å². The van der Waals surface area contributed by atoms with E-state index in [-0.39, 0.29) is 0 Å². The lowest BCUT2D eigenvalue weighted by Crippen LogP contribution is -2.19. The molecule has 0 fully saturated rings. The fourth-order valence-electron chi connectivity index (χ4n) is 4.94. The van der Waals surface area contributed by atoms with Crippen molar-refractivity contribution in [2.24, 2.45) is 0 Å². The van der Waals surface area contributed by atoms with Crippen LogP contribution in [0.3, 0.4) is 0 Å². The topological polar surface area (TPSA) is 17.0 Å². The lowest BCUT2D eigenvalue weighted by atomic mass is 9.94. The average molecular weight is 431 g/mol. The highest BCUT2D eigenvalue weighted by atomic mass is 15.0. The van der Waals surface area contributed by atoms with Crippen LogP contribution in [0.4, 0.5) is 0 Å². The Bertz CT molecular complexity index is 1430. The molecule has 0 saturated carbocycles. The molecule has 1 aliphatic heterocycles. The van der Waals surface area contributed by atoms with E-state index in [4.69, 9.17) is 0 Å². The average Bonchev–Trinajstić information content (AvgIpc) is 3.12. The maximum Gasteiger partial charge on any atom is 0.0538 e. The van der Waals surface area contributed by atoms with Gasteiger partial charge in [-0.3, -0.25) is 0 Å². The van der Waals surface area contributed by atoms with Gasteiger partial charge in [-0.05, 0) is 85.9 Å². The van der Waals surface area contributed by atoms with Gasteiger partial charge in [-0.15, -0.1) is 0 Å². The van der Waals surface area contributed by atoms with Crippen LogP contribution in [0.15, 0.2) is 90.6 Å². The molecule has 0 unspecified atom stereocenters. The molecule has 0 spiro atoms. The monoisotopic (exact) mass is 430 g/mol. The molecular weight excluding hydrogens is 400 g/mol. The third-order valence-corrected chi connectivity index (χ3v) is 6.71. The second-order valence-corrected chi connectivity index (χ2v) is 8.78. The maximum absolute atomic E-state index is 3.62. The Morgan fingerprint density at radius 3 is 2.48 bits per heavy atom. The van der Waals surface area contributed by atoms with Crippen LogP contribution >= 0.6 is 0 Å². The molecule has 0 radical (unpaired) electrons. The third kappa shape index (κ3) is 3.72. The number of para-hydroxylation sites is 1. The highest BCUT2D eigenvalue weighted by Crippen LogP contribution is 2.33. The first-order valence-corrected chi connectivity index (χ1v) is 11.6. The molecule has 1 aliphatic rings. The van der Waals surface area contributed by atoms with Crippen molar-refractivity contribution in [3.63, 3.8) is 0 Å². The van der Waals surface area contributed by atoms with Gasteiger partial charge < -0.3 is 9.88 Å². The standard InChI is InChI=1S/C31H30N2/c1-5-11-28-23(4)33(26-13-7-6-8-14-26)31-17-16-24(19-29(28)31)21(2)18-30-22(3)27-15-10-9-12-25(27)20-32-30/h5-19,32H,20H2,1-4H3/b11-5-,21-18+. The summed E-state index contributed by atoms with van der Waals surface area (Å²) >= 11 is 0. The molecule has 5 rings (SSSR count). The number of hydrogen-bond acceptors (Lipinski definition) is 1. The molecule has 0 amide bonds. The van der Waals surface area contributed by atoms with E-state index in [0.717, 1.165) is 6.54 Å². The number of nitrogens with zero attached hydrogens (tertiary/aromatic N) is 1. The molecular formula is C31H30N2. The van der Waals surface area contributed by atoms with Gasteiger partial charge in [0.1, 0.15) is 0 Å². The largest absolute Gasteiger partial charge is 0.381 e. The Morgan fingerprint density at radius 2 is 1.70 bits per heavy atom. The zero-order chi connectivity index (χ0) is 22.9. The van der Waals surface area contributed by atoms with E-state index in [9.17, 15) is 0 Å². The van der Waals surface area contributed by atoms with E-state index in [2.05, 4.69) is 129 Å². The molecule has 3 aromatic carbocycles. The number of fused-ring (bicyclic) bond motifs is 2. The predicted octanol–water partition coefficient (Wildman–Crippen LogP) is 7.91. The van der Waals surface area contributed by atoms with Crippen LogP contribution in [0.5, 0.6) is 0 Å². The normalized spacial score (nSPS) is 14.1. The number of hydrogen-bond donors (Lipinski definition) is 1. The van der Waals surface area contributed by atoms with Crippen LogP contribution < -0.4 is 5.32 Å². The van der Waals surface area contributed by atoms with Crippen molar-refractivity contribution in [3.05, 3.63) is 119 Å². The number of aromatic nitrogens is 1. The third-order valence-electron chi connectivity index (χ3n) is 6.71. The summed E-state index contributed by atoms with van der Waals surface area (Å²) in [6.45, 7) is 9.58. The molecule has 2 nitrogen and oxygen atoms in total. The first kappa shape index (κ1) is 21.1. The minimum absolute atomic E-state index is 0.871. The Kier molecular flexibility index (Phi) is 5.51. The van der Waals surface area contributed by atoms with Gasteiger partial charge in [-0.25, -0.2) is 0 Å². The van der Waals surface area contributed by atoms with Crippen LogP contribution in [0, 0.1) is 6.92 Å². The summed E-state index contributed by atoms with van der Waals surface area (Å²) < 4.78 is 2.36. The number of nitrogens with one attached hydrogen (secondary N) is 1. The summed E-state index contributed by atoms with van der Waals surface area (Å²) in [5, 5.41) is 4.90. The molecule has 164 valence electrons. The second-order valence-electron chi connectivity index (χ2n) is 8.78. The Balaban J connectivity index is 1.62. The summed E-state index contributed by atoms with van der Waals surface area (Å²) in [4.78, 5) is 0. The van der Waals surface area contributed by atoms with Crippen molar-refractivity contribution in [2.45, 2.75) is 34.2 Å². The van der Waals surface area contributed by atoms with Crippen LogP contribution in [-0.2, 0) is 6.54 Å². The quantitative estimate of drug-likeness (QED) is 0.348. The van der Waals surface area contributed by atoms with Gasteiger partial charge in [0.05, 0.1) is 5.52 Å². The summed E-state index contributed by atoms with van der Waals surface area (Å²) in [5.74, 6) is 0. The van der Waals surface area contributed by atoms with Gasteiger partial charge in [-0.1, -0.05) is 60.7 Å². The zero-order valence-electron chi connectivity index (χ0n) is 19.8. The molecule has 1 N–H and O–H groups in total. The Labute approximate surface area is 196 Å². The van der Waals surface area contributed by atoms with Gasteiger partial charge in [0.2, 0.25) is 0 Å². The van der Waals surface area contributed by atoms with Crippen molar-refractivity contribution >= 4 is 28.1 Å². The van der Waals surface area contributed by atoms with Crippen LogP contribution in [0.1, 0.15) is 48.7 Å². The highest BCUT2D eigenvalue weighted by Gasteiger charge is 2.16. The highest BCUT2D eigenvalue weighted by molar-refractivity contribution is 5.95. The Hall–Kier alpha value is -3.78. The summed E-state index contributed by atoms with van der Waals surface area (Å²) in [6.07, 6.45) is 6.65. The first-order chi connectivity index (χ1) is 16.1. The predicted molar refractivity (Wildman–Crippen MR) is 142 cm³/mol. The molecule has 1 aromatic heterocycles.